The quantitative estimate of drug-likeness (QED) is 0.168. The number of ether oxygens (including phenoxy) is 1. The van der Waals surface area contributed by atoms with E-state index >= 15 is 0 Å². The van der Waals surface area contributed by atoms with E-state index in [9.17, 15) is 4.79 Å². The second-order valence-electron chi connectivity index (χ2n) is 7.94. The lowest BCUT2D eigenvalue weighted by atomic mass is 9.98. The van der Waals surface area contributed by atoms with Crippen LogP contribution in [0.15, 0.2) is 81.1 Å². The molecule has 0 saturated heterocycles. The number of nitrogens with zero attached hydrogens (tertiary/aromatic N) is 2. The topological polar surface area (TPSA) is 76.1 Å². The molecule has 0 saturated carbocycles. The molecule has 1 aliphatic rings. The molecule has 0 bridgehead atoms. The van der Waals surface area contributed by atoms with Gasteiger partial charge in [-0.2, -0.15) is 0 Å². The molecule has 180 valence electrons. The Morgan fingerprint density at radius 1 is 0.889 bits per heavy atom. The Bertz CT molecular complexity index is 1640. The summed E-state index contributed by atoms with van der Waals surface area (Å²) in [6.07, 6.45) is 5.13. The maximum absolute atomic E-state index is 13.5. The maximum atomic E-state index is 13.5. The summed E-state index contributed by atoms with van der Waals surface area (Å²) < 4.78 is 10.5. The molecule has 6 rings (SSSR count). The van der Waals surface area contributed by atoms with Gasteiger partial charge in [0, 0.05) is 17.6 Å². The Morgan fingerprint density at radius 2 is 1.53 bits per heavy atom. The zero-order chi connectivity index (χ0) is 24.6. The molecule has 0 aliphatic carbocycles. The van der Waals surface area contributed by atoms with Gasteiger partial charge in [0.2, 0.25) is 6.23 Å². The number of carbonyl (C=O) groups excluding carboxylic acids is 1. The van der Waals surface area contributed by atoms with Crippen LogP contribution in [0.4, 0.5) is 11.4 Å². The monoisotopic (exact) mass is 548 g/mol. The van der Waals surface area contributed by atoms with Crippen molar-refractivity contribution in [1.82, 2.24) is 9.97 Å². The van der Waals surface area contributed by atoms with Gasteiger partial charge in [0.15, 0.2) is 14.5 Å². The number of Topliss-reactive ketones (excluding diaryl/α,β-unsaturated/α-hetero) is 1. The van der Waals surface area contributed by atoms with Crippen LogP contribution in [0.2, 0.25) is 0 Å². The van der Waals surface area contributed by atoms with E-state index < -0.39 is 6.23 Å². The van der Waals surface area contributed by atoms with Crippen molar-refractivity contribution < 1.29 is 9.53 Å². The lowest BCUT2D eigenvalue weighted by Crippen LogP contribution is -2.37. The molecule has 2 aromatic heterocycles. The number of carbonyl (C=O) groups is 1. The first-order valence-corrected chi connectivity index (χ1v) is 15.1. The van der Waals surface area contributed by atoms with E-state index in [0.29, 0.717) is 16.9 Å². The minimum Gasteiger partial charge on any atom is -0.466 e. The number of anilines is 2. The fourth-order valence-corrected chi connectivity index (χ4v) is 7.00. The van der Waals surface area contributed by atoms with Gasteiger partial charge >= 0.3 is 0 Å². The number of ketones is 1. The highest BCUT2D eigenvalue weighted by Crippen LogP contribution is 2.34. The Morgan fingerprint density at radius 3 is 2.22 bits per heavy atom. The molecule has 0 fully saturated rings. The highest BCUT2D eigenvalue weighted by molar-refractivity contribution is 8.00. The third-order valence-corrected chi connectivity index (χ3v) is 9.71. The maximum Gasteiger partial charge on any atom is 0.201 e. The van der Waals surface area contributed by atoms with Gasteiger partial charge in [-0.05, 0) is 61.0 Å². The van der Waals surface area contributed by atoms with Crippen LogP contribution in [-0.4, -0.2) is 34.5 Å². The van der Waals surface area contributed by atoms with Gasteiger partial charge in [0.1, 0.15) is 5.75 Å². The summed E-state index contributed by atoms with van der Waals surface area (Å²) in [4.78, 5) is 22.7. The van der Waals surface area contributed by atoms with E-state index in [1.165, 1.54) is 0 Å². The van der Waals surface area contributed by atoms with Gasteiger partial charge in [0.25, 0.3) is 0 Å². The first kappa shape index (κ1) is 23.4. The average molecular weight is 549 g/mol. The molecule has 1 atom stereocenters. The lowest BCUT2D eigenvalue weighted by Gasteiger charge is -2.29. The van der Waals surface area contributed by atoms with Crippen molar-refractivity contribution in [2.75, 3.05) is 23.1 Å². The van der Waals surface area contributed by atoms with Gasteiger partial charge in [-0.3, -0.25) is 4.79 Å². The zero-order valence-corrected chi connectivity index (χ0v) is 22.5. The predicted octanol–water partition coefficient (Wildman–Crippen LogP) is 7.36. The van der Waals surface area contributed by atoms with Crippen LogP contribution in [0.25, 0.3) is 20.4 Å². The Hall–Kier alpha value is -3.05. The van der Waals surface area contributed by atoms with E-state index in [4.69, 9.17) is 4.74 Å². The van der Waals surface area contributed by atoms with E-state index in [2.05, 4.69) is 26.7 Å². The van der Waals surface area contributed by atoms with Crippen molar-refractivity contribution >= 4 is 83.8 Å². The molecular weight excluding hydrogens is 529 g/mol. The average Bonchev–Trinajstić information content (AvgIpc) is 3.51. The van der Waals surface area contributed by atoms with Gasteiger partial charge < -0.3 is 15.4 Å². The molecule has 2 N–H and O–H groups in total. The van der Waals surface area contributed by atoms with Gasteiger partial charge in [-0.1, -0.05) is 35.7 Å². The smallest absolute Gasteiger partial charge is 0.201 e. The summed E-state index contributed by atoms with van der Waals surface area (Å²) in [5.41, 5.74) is 4.72. The molecule has 1 aliphatic heterocycles. The SMILES string of the molecule is CSc1nc2ccc(N/C=C3\C(=O)c4ccccc4OC3Nc3ccc4nc(SC)sc4c3)cc2s1. The number of hydrogen-bond acceptors (Lipinski definition) is 10. The van der Waals surface area contributed by atoms with E-state index in [0.717, 1.165) is 40.5 Å². The first-order chi connectivity index (χ1) is 17.6. The molecule has 1 unspecified atom stereocenters. The van der Waals surface area contributed by atoms with E-state index in [-0.39, 0.29) is 5.78 Å². The number of fused-ring (bicyclic) bond motifs is 3. The summed E-state index contributed by atoms with van der Waals surface area (Å²) >= 11 is 6.57. The molecule has 0 spiro atoms. The number of para-hydroxylation sites is 1. The van der Waals surface area contributed by atoms with Crippen LogP contribution < -0.4 is 15.4 Å². The van der Waals surface area contributed by atoms with Crippen molar-refractivity contribution in [3.8, 4) is 5.75 Å². The number of aromatic nitrogens is 2. The highest BCUT2D eigenvalue weighted by atomic mass is 32.2. The van der Waals surface area contributed by atoms with Crippen LogP contribution in [0.1, 0.15) is 10.4 Å². The van der Waals surface area contributed by atoms with Crippen LogP contribution in [-0.2, 0) is 0 Å². The van der Waals surface area contributed by atoms with Gasteiger partial charge in [-0.25, -0.2) is 9.97 Å². The number of nitrogens with one attached hydrogen (secondary N) is 2. The largest absolute Gasteiger partial charge is 0.466 e. The molecule has 5 aromatic rings. The molecular formula is C26H20N4O2S4. The second-order valence-corrected chi connectivity index (χ2v) is 12.1. The van der Waals surface area contributed by atoms with Gasteiger partial charge in [0.05, 0.1) is 31.6 Å². The Balaban J connectivity index is 1.33. The van der Waals surface area contributed by atoms with E-state index in [1.54, 1.807) is 58.5 Å². The summed E-state index contributed by atoms with van der Waals surface area (Å²) in [7, 11) is 0. The van der Waals surface area contributed by atoms with Crippen LogP contribution in [0, 0.1) is 0 Å². The van der Waals surface area contributed by atoms with Crippen LogP contribution in [0.3, 0.4) is 0 Å². The molecule has 0 radical (unpaired) electrons. The van der Waals surface area contributed by atoms with E-state index in [1.807, 2.05) is 61.0 Å². The molecule has 3 heterocycles. The minimum atomic E-state index is -0.652. The lowest BCUT2D eigenvalue weighted by molar-refractivity contribution is 0.0973. The number of benzene rings is 3. The molecule has 10 heteroatoms. The minimum absolute atomic E-state index is 0.0751. The zero-order valence-electron chi connectivity index (χ0n) is 19.3. The molecule has 6 nitrogen and oxygen atoms in total. The Kier molecular flexibility index (Phi) is 6.34. The third kappa shape index (κ3) is 4.45. The van der Waals surface area contributed by atoms with Crippen molar-refractivity contribution in [2.45, 2.75) is 14.9 Å². The van der Waals surface area contributed by atoms with Crippen molar-refractivity contribution in [3.63, 3.8) is 0 Å². The second kappa shape index (κ2) is 9.78. The normalized spacial score (nSPS) is 16.3. The molecule has 0 amide bonds. The summed E-state index contributed by atoms with van der Waals surface area (Å²) in [5, 5.41) is 6.72. The number of rotatable bonds is 6. The summed E-state index contributed by atoms with van der Waals surface area (Å²) in [6, 6.07) is 19.3. The number of hydrogen-bond donors (Lipinski definition) is 2. The molecule has 36 heavy (non-hydrogen) atoms. The fourth-order valence-electron chi connectivity index (χ4n) is 3.94. The van der Waals surface area contributed by atoms with Crippen molar-refractivity contribution in [3.05, 3.63) is 78.0 Å². The highest BCUT2D eigenvalue weighted by Gasteiger charge is 2.32. The number of thiazole rings is 2. The van der Waals surface area contributed by atoms with Crippen molar-refractivity contribution in [2.24, 2.45) is 0 Å². The van der Waals surface area contributed by atoms with Crippen molar-refractivity contribution in [1.29, 1.82) is 0 Å². The summed E-state index contributed by atoms with van der Waals surface area (Å²) in [6.45, 7) is 0. The third-order valence-electron chi connectivity index (χ3n) is 5.70. The summed E-state index contributed by atoms with van der Waals surface area (Å²) in [5.74, 6) is 0.491. The molecule has 3 aromatic carbocycles. The fraction of sp³-hybridized carbons (Fsp3) is 0.115. The predicted molar refractivity (Wildman–Crippen MR) is 153 cm³/mol. The van der Waals surface area contributed by atoms with Gasteiger partial charge in [-0.15, -0.1) is 22.7 Å². The first-order valence-electron chi connectivity index (χ1n) is 11.0. The standard InChI is InChI=1S/C26H20N4O2S4/c1-33-25-29-18-9-7-14(11-21(18)35-25)27-13-17-23(31)16-5-3-4-6-20(16)32-24(17)28-15-8-10-19-22(12-15)36-26(30-19)34-2/h3-13,24,27-28H,1-2H3/b17-13+. The van der Waals surface area contributed by atoms with Crippen LogP contribution >= 0.6 is 46.2 Å². The number of thioether (sulfide) groups is 2. The van der Waals surface area contributed by atoms with Crippen LogP contribution in [0.5, 0.6) is 5.75 Å². The Labute approximate surface area is 224 Å².